The summed E-state index contributed by atoms with van der Waals surface area (Å²) >= 11 is 0. The molecule has 0 spiro atoms. The lowest BCUT2D eigenvalue weighted by Crippen LogP contribution is -2.31. The Balaban J connectivity index is 1.84. The van der Waals surface area contributed by atoms with Crippen LogP contribution in [0.4, 0.5) is 0 Å². The molecule has 2 aromatic rings. The first-order valence-electron chi connectivity index (χ1n) is 8.48. The third kappa shape index (κ3) is 5.17. The average molecular weight is 343 g/mol. The quantitative estimate of drug-likeness (QED) is 0.757. The van der Waals surface area contributed by atoms with Gasteiger partial charge in [-0.05, 0) is 49.9 Å². The van der Waals surface area contributed by atoms with E-state index >= 15 is 0 Å². The molecule has 0 aliphatic heterocycles. The zero-order chi connectivity index (χ0) is 18.4. The summed E-state index contributed by atoms with van der Waals surface area (Å²) in [5.41, 5.74) is 4.46. The minimum absolute atomic E-state index is 0.160. The number of hydrogen-bond acceptors (Lipinski definition) is 4. The maximum absolute atomic E-state index is 12.0. The molecule has 25 heavy (non-hydrogen) atoms. The van der Waals surface area contributed by atoms with Gasteiger partial charge < -0.3 is 10.1 Å². The van der Waals surface area contributed by atoms with Gasteiger partial charge in [-0.1, -0.05) is 31.5 Å². The van der Waals surface area contributed by atoms with E-state index in [1.54, 1.807) is 6.07 Å². The highest BCUT2D eigenvalue weighted by atomic mass is 16.5. The van der Waals surface area contributed by atoms with Crippen molar-refractivity contribution < 1.29 is 14.3 Å². The van der Waals surface area contributed by atoms with Gasteiger partial charge in [-0.2, -0.15) is 5.10 Å². The highest BCUT2D eigenvalue weighted by Crippen LogP contribution is 2.16. The number of nitrogens with zero attached hydrogens (tertiary/aromatic N) is 1. The molecule has 0 bridgehead atoms. The first-order chi connectivity index (χ1) is 11.9. The van der Waals surface area contributed by atoms with Gasteiger partial charge in [-0.3, -0.25) is 9.89 Å². The molecule has 0 aliphatic rings. The van der Waals surface area contributed by atoms with Gasteiger partial charge in [0.1, 0.15) is 0 Å². The second-order valence-electron chi connectivity index (χ2n) is 6.24. The van der Waals surface area contributed by atoms with Crippen molar-refractivity contribution in [3.05, 3.63) is 52.3 Å². The van der Waals surface area contributed by atoms with Crippen LogP contribution in [0.1, 0.15) is 59.2 Å². The summed E-state index contributed by atoms with van der Waals surface area (Å²) < 4.78 is 5.03. The smallest absolute Gasteiger partial charge is 0.359 e. The monoisotopic (exact) mass is 343 g/mol. The van der Waals surface area contributed by atoms with E-state index in [0.29, 0.717) is 0 Å². The van der Waals surface area contributed by atoms with Crippen molar-refractivity contribution in [1.82, 2.24) is 15.5 Å². The SMILES string of the molecule is CCCc1cc(C(=O)OCC(=O)NC(C)c2ccc(C)c(C)c2)n[nH]1. The Hall–Kier alpha value is -2.63. The molecule has 0 aliphatic carbocycles. The Morgan fingerprint density at radius 1 is 1.24 bits per heavy atom. The number of aromatic amines is 1. The van der Waals surface area contributed by atoms with Crippen molar-refractivity contribution >= 4 is 11.9 Å². The standard InChI is InChI=1S/C19H25N3O3/c1-5-6-16-10-17(22-21-16)19(24)25-11-18(23)20-14(4)15-8-7-12(2)13(3)9-15/h7-10,14H,5-6,11H2,1-4H3,(H,20,23)(H,21,22). The van der Waals surface area contributed by atoms with Crippen LogP contribution >= 0.6 is 0 Å². The minimum Gasteiger partial charge on any atom is -0.451 e. The van der Waals surface area contributed by atoms with E-state index in [4.69, 9.17) is 4.74 Å². The number of H-pyrrole nitrogens is 1. The molecule has 134 valence electrons. The predicted molar refractivity (Wildman–Crippen MR) is 95.3 cm³/mol. The van der Waals surface area contributed by atoms with Crippen LogP contribution in [-0.2, 0) is 16.0 Å². The van der Waals surface area contributed by atoms with E-state index in [-0.39, 0.29) is 24.2 Å². The molecular formula is C19H25N3O3. The number of amides is 1. The van der Waals surface area contributed by atoms with Gasteiger partial charge in [0.15, 0.2) is 12.3 Å². The molecule has 6 nitrogen and oxygen atoms in total. The van der Waals surface area contributed by atoms with Crippen LogP contribution in [-0.4, -0.2) is 28.7 Å². The Bertz CT molecular complexity index is 752. The normalized spacial score (nSPS) is 11.8. The number of benzene rings is 1. The third-order valence-corrected chi connectivity index (χ3v) is 4.10. The van der Waals surface area contributed by atoms with Crippen molar-refractivity contribution in [2.75, 3.05) is 6.61 Å². The zero-order valence-electron chi connectivity index (χ0n) is 15.2. The summed E-state index contributed by atoms with van der Waals surface area (Å²) in [6.07, 6.45) is 1.77. The molecule has 2 rings (SSSR count). The summed E-state index contributed by atoms with van der Waals surface area (Å²) in [4.78, 5) is 23.9. The highest BCUT2D eigenvalue weighted by Gasteiger charge is 2.15. The number of aryl methyl sites for hydroxylation is 3. The van der Waals surface area contributed by atoms with Gasteiger partial charge >= 0.3 is 5.97 Å². The lowest BCUT2D eigenvalue weighted by atomic mass is 10.0. The maximum Gasteiger partial charge on any atom is 0.359 e. The molecule has 6 heteroatoms. The average Bonchev–Trinajstić information content (AvgIpc) is 3.04. The highest BCUT2D eigenvalue weighted by molar-refractivity contribution is 5.89. The molecule has 0 saturated heterocycles. The number of nitrogens with one attached hydrogen (secondary N) is 2. The fourth-order valence-corrected chi connectivity index (χ4v) is 2.47. The van der Waals surface area contributed by atoms with Gasteiger partial charge in [0.2, 0.25) is 0 Å². The van der Waals surface area contributed by atoms with Crippen LogP contribution in [0.5, 0.6) is 0 Å². The summed E-state index contributed by atoms with van der Waals surface area (Å²) in [6.45, 7) is 7.69. The number of hydrogen-bond donors (Lipinski definition) is 2. The largest absolute Gasteiger partial charge is 0.451 e. The molecule has 0 radical (unpaired) electrons. The molecule has 0 saturated carbocycles. The van der Waals surface area contributed by atoms with E-state index in [9.17, 15) is 9.59 Å². The zero-order valence-corrected chi connectivity index (χ0v) is 15.2. The molecule has 1 amide bonds. The van der Waals surface area contributed by atoms with E-state index in [1.807, 2.05) is 45.9 Å². The van der Waals surface area contributed by atoms with Gasteiger partial charge in [-0.15, -0.1) is 0 Å². The summed E-state index contributed by atoms with van der Waals surface area (Å²) in [5, 5.41) is 9.53. The second kappa shape index (κ2) is 8.46. The Kier molecular flexibility index (Phi) is 6.33. The van der Waals surface area contributed by atoms with Crippen LogP contribution < -0.4 is 5.32 Å². The number of ether oxygens (including phenoxy) is 1. The van der Waals surface area contributed by atoms with Gasteiger partial charge in [0.05, 0.1) is 6.04 Å². The predicted octanol–water partition coefficient (Wildman–Crippen LogP) is 3.01. The van der Waals surface area contributed by atoms with Crippen molar-refractivity contribution in [2.45, 2.75) is 46.6 Å². The van der Waals surface area contributed by atoms with Crippen molar-refractivity contribution in [1.29, 1.82) is 0 Å². The lowest BCUT2D eigenvalue weighted by Gasteiger charge is -2.15. The number of carbonyl (C=O) groups excluding carboxylic acids is 2. The van der Waals surface area contributed by atoms with Crippen molar-refractivity contribution in [3.63, 3.8) is 0 Å². The van der Waals surface area contributed by atoms with E-state index in [0.717, 1.165) is 24.1 Å². The van der Waals surface area contributed by atoms with E-state index in [1.165, 1.54) is 11.1 Å². The van der Waals surface area contributed by atoms with Gasteiger partial charge in [-0.25, -0.2) is 4.79 Å². The summed E-state index contributed by atoms with van der Waals surface area (Å²) in [6, 6.07) is 7.55. The van der Waals surface area contributed by atoms with Crippen molar-refractivity contribution in [3.8, 4) is 0 Å². The fraction of sp³-hybridized carbons (Fsp3) is 0.421. The Morgan fingerprint density at radius 3 is 2.68 bits per heavy atom. The fourth-order valence-electron chi connectivity index (χ4n) is 2.47. The van der Waals surface area contributed by atoms with E-state index < -0.39 is 5.97 Å². The number of aromatic nitrogens is 2. The van der Waals surface area contributed by atoms with Crippen LogP contribution in [0.15, 0.2) is 24.3 Å². The van der Waals surface area contributed by atoms with E-state index in [2.05, 4.69) is 15.5 Å². The topological polar surface area (TPSA) is 84.1 Å². The Morgan fingerprint density at radius 2 is 2.00 bits per heavy atom. The van der Waals surface area contributed by atoms with Crippen LogP contribution in [0.2, 0.25) is 0 Å². The second-order valence-corrected chi connectivity index (χ2v) is 6.24. The molecule has 1 atom stereocenters. The van der Waals surface area contributed by atoms with Crippen LogP contribution in [0.3, 0.4) is 0 Å². The van der Waals surface area contributed by atoms with Gasteiger partial charge in [0.25, 0.3) is 5.91 Å². The number of carbonyl (C=O) groups is 2. The third-order valence-electron chi connectivity index (χ3n) is 4.10. The molecule has 1 aromatic carbocycles. The van der Waals surface area contributed by atoms with Crippen LogP contribution in [0.25, 0.3) is 0 Å². The first-order valence-corrected chi connectivity index (χ1v) is 8.48. The molecule has 1 heterocycles. The molecule has 1 aromatic heterocycles. The summed E-state index contributed by atoms with van der Waals surface area (Å²) in [5.74, 6) is -0.948. The first kappa shape index (κ1) is 18.7. The molecule has 0 fully saturated rings. The lowest BCUT2D eigenvalue weighted by molar-refractivity contribution is -0.124. The molecular weight excluding hydrogens is 318 g/mol. The van der Waals surface area contributed by atoms with Crippen molar-refractivity contribution in [2.24, 2.45) is 0 Å². The maximum atomic E-state index is 12.0. The van der Waals surface area contributed by atoms with Crippen LogP contribution in [0, 0.1) is 13.8 Å². The summed E-state index contributed by atoms with van der Waals surface area (Å²) in [7, 11) is 0. The Labute approximate surface area is 148 Å². The van der Waals surface area contributed by atoms with Gasteiger partial charge in [0, 0.05) is 5.69 Å². The molecule has 2 N–H and O–H groups in total. The minimum atomic E-state index is -0.604. The number of esters is 1. The number of rotatable bonds is 7. The molecule has 1 unspecified atom stereocenters.